The van der Waals surface area contributed by atoms with E-state index in [9.17, 15) is 14.7 Å². The number of aliphatic hydroxyl groups is 1. The summed E-state index contributed by atoms with van der Waals surface area (Å²) in [5, 5.41) is 14.0. The summed E-state index contributed by atoms with van der Waals surface area (Å²) in [6, 6.07) is 3.67. The number of hydrogen-bond acceptors (Lipinski definition) is 7. The highest BCUT2D eigenvalue weighted by atomic mass is 32.1. The predicted molar refractivity (Wildman–Crippen MR) is 111 cm³/mol. The van der Waals surface area contributed by atoms with Crippen LogP contribution in [0.3, 0.4) is 0 Å². The van der Waals surface area contributed by atoms with Crippen molar-refractivity contribution in [2.45, 2.75) is 39.0 Å². The SMILES string of the molecule is CCCc1ccc(C(O)=C2CCc3nc(CC(=O)NCCOC)sc3C2=O)cn1. The number of aromatic nitrogens is 2. The monoisotopic (exact) mass is 415 g/mol. The van der Waals surface area contributed by atoms with Gasteiger partial charge >= 0.3 is 0 Å². The van der Waals surface area contributed by atoms with Crippen molar-refractivity contribution >= 4 is 28.8 Å². The number of amides is 1. The number of aryl methyl sites for hydroxylation is 2. The quantitative estimate of drug-likeness (QED) is 0.391. The Hall–Kier alpha value is -2.58. The first-order valence-electron chi connectivity index (χ1n) is 9.69. The molecule has 3 rings (SSSR count). The summed E-state index contributed by atoms with van der Waals surface area (Å²) in [5.41, 5.74) is 2.58. The molecule has 1 amide bonds. The van der Waals surface area contributed by atoms with Gasteiger partial charge in [-0.05, 0) is 31.4 Å². The Morgan fingerprint density at radius 1 is 1.34 bits per heavy atom. The molecule has 2 N–H and O–H groups in total. The number of methoxy groups -OCH3 is 1. The zero-order valence-corrected chi connectivity index (χ0v) is 17.5. The Labute approximate surface area is 173 Å². The van der Waals surface area contributed by atoms with Crippen LogP contribution in [0.25, 0.3) is 5.76 Å². The largest absolute Gasteiger partial charge is 0.507 e. The molecule has 0 aliphatic heterocycles. The molecule has 29 heavy (non-hydrogen) atoms. The lowest BCUT2D eigenvalue weighted by molar-refractivity contribution is -0.120. The number of pyridine rings is 1. The Morgan fingerprint density at radius 3 is 2.86 bits per heavy atom. The van der Waals surface area contributed by atoms with E-state index in [4.69, 9.17) is 4.74 Å². The molecule has 0 atom stereocenters. The van der Waals surface area contributed by atoms with Gasteiger partial charge in [0.25, 0.3) is 0 Å². The average Bonchev–Trinajstić information content (AvgIpc) is 3.12. The molecule has 1 aliphatic carbocycles. The number of nitrogens with one attached hydrogen (secondary N) is 1. The van der Waals surface area contributed by atoms with Crippen molar-refractivity contribution in [1.29, 1.82) is 0 Å². The number of ketones is 1. The molecule has 0 saturated heterocycles. The number of carbonyl (C=O) groups excluding carboxylic acids is 2. The molecular weight excluding hydrogens is 390 g/mol. The molecule has 0 bridgehead atoms. The number of fused-ring (bicyclic) bond motifs is 1. The summed E-state index contributed by atoms with van der Waals surface area (Å²) in [6.07, 6.45) is 4.59. The molecule has 0 unspecified atom stereocenters. The fourth-order valence-corrected chi connectivity index (χ4v) is 4.25. The van der Waals surface area contributed by atoms with E-state index >= 15 is 0 Å². The van der Waals surface area contributed by atoms with Crippen LogP contribution in [0.2, 0.25) is 0 Å². The van der Waals surface area contributed by atoms with Crippen LogP contribution < -0.4 is 5.32 Å². The minimum atomic E-state index is -0.218. The van der Waals surface area contributed by atoms with Crippen molar-refractivity contribution in [2.75, 3.05) is 20.3 Å². The maximum absolute atomic E-state index is 12.9. The van der Waals surface area contributed by atoms with Crippen LogP contribution in [-0.4, -0.2) is 47.0 Å². The summed E-state index contributed by atoms with van der Waals surface area (Å²) in [7, 11) is 1.57. The molecule has 2 heterocycles. The number of hydrogen-bond donors (Lipinski definition) is 2. The molecule has 0 saturated carbocycles. The fourth-order valence-electron chi connectivity index (χ4n) is 3.18. The normalized spacial score (nSPS) is 15.2. The first kappa shape index (κ1) is 21.1. The van der Waals surface area contributed by atoms with Crippen LogP contribution in [-0.2, 0) is 28.8 Å². The molecule has 8 heteroatoms. The van der Waals surface area contributed by atoms with Gasteiger partial charge in [0.15, 0.2) is 0 Å². The first-order chi connectivity index (χ1) is 14.0. The summed E-state index contributed by atoms with van der Waals surface area (Å²) in [5.74, 6) is -0.397. The number of allylic oxidation sites excluding steroid dienone is 1. The van der Waals surface area contributed by atoms with Gasteiger partial charge in [0.2, 0.25) is 11.7 Å². The lowest BCUT2D eigenvalue weighted by Crippen LogP contribution is -2.28. The van der Waals surface area contributed by atoms with Gasteiger partial charge < -0.3 is 15.2 Å². The lowest BCUT2D eigenvalue weighted by Gasteiger charge is -2.14. The second-order valence-electron chi connectivity index (χ2n) is 6.85. The summed E-state index contributed by atoms with van der Waals surface area (Å²) < 4.78 is 4.91. The van der Waals surface area contributed by atoms with Crippen molar-refractivity contribution < 1.29 is 19.4 Å². The molecule has 0 aromatic carbocycles. The average molecular weight is 416 g/mol. The summed E-state index contributed by atoms with van der Waals surface area (Å²) >= 11 is 1.22. The van der Waals surface area contributed by atoms with Crippen LogP contribution in [0.15, 0.2) is 23.9 Å². The third-order valence-corrected chi connectivity index (χ3v) is 5.76. The van der Waals surface area contributed by atoms with E-state index in [1.54, 1.807) is 19.4 Å². The number of Topliss-reactive ketones (excluding diaryl/α,β-unsaturated/α-hetero) is 1. The molecule has 0 spiro atoms. The third kappa shape index (κ3) is 5.07. The van der Waals surface area contributed by atoms with Gasteiger partial charge in [0, 0.05) is 36.7 Å². The Bertz CT molecular complexity index is 919. The van der Waals surface area contributed by atoms with Crippen LogP contribution in [0.4, 0.5) is 0 Å². The molecule has 0 radical (unpaired) electrons. The van der Waals surface area contributed by atoms with Gasteiger partial charge in [-0.1, -0.05) is 13.3 Å². The van der Waals surface area contributed by atoms with Crippen LogP contribution >= 0.6 is 11.3 Å². The second kappa shape index (κ2) is 9.76. The molecule has 2 aromatic rings. The maximum Gasteiger partial charge on any atom is 0.226 e. The fraction of sp³-hybridized carbons (Fsp3) is 0.429. The maximum atomic E-state index is 12.9. The van der Waals surface area contributed by atoms with Gasteiger partial charge in [-0.15, -0.1) is 11.3 Å². The standard InChI is InChI=1S/C21H25N3O4S/c1-3-4-14-6-5-13(12-23-14)19(26)15-7-8-16-21(20(15)27)29-18(24-16)11-17(25)22-9-10-28-2/h5-6,12,26H,3-4,7-11H2,1-2H3,(H,22,25). The number of rotatable bonds is 8. The third-order valence-electron chi connectivity index (χ3n) is 4.66. The van der Waals surface area contributed by atoms with Crippen LogP contribution in [0.1, 0.15) is 51.4 Å². The number of thiazole rings is 1. The molecule has 1 aliphatic rings. The molecule has 0 fully saturated rings. The van der Waals surface area contributed by atoms with Crippen LogP contribution in [0.5, 0.6) is 0 Å². The zero-order chi connectivity index (χ0) is 20.8. The van der Waals surface area contributed by atoms with Crippen molar-refractivity contribution in [1.82, 2.24) is 15.3 Å². The van der Waals surface area contributed by atoms with Gasteiger partial charge in [-0.25, -0.2) is 4.98 Å². The minimum absolute atomic E-state index is 0.0246. The highest BCUT2D eigenvalue weighted by Crippen LogP contribution is 2.33. The van der Waals surface area contributed by atoms with Gasteiger partial charge in [-0.2, -0.15) is 0 Å². The molecule has 7 nitrogen and oxygen atoms in total. The summed E-state index contributed by atoms with van der Waals surface area (Å²) in [6.45, 7) is 2.96. The van der Waals surface area contributed by atoms with E-state index < -0.39 is 0 Å². The Balaban J connectivity index is 1.75. The smallest absolute Gasteiger partial charge is 0.226 e. The highest BCUT2D eigenvalue weighted by molar-refractivity contribution is 7.14. The van der Waals surface area contributed by atoms with Gasteiger partial charge in [0.05, 0.1) is 23.6 Å². The second-order valence-corrected chi connectivity index (χ2v) is 7.93. The van der Waals surface area contributed by atoms with E-state index in [1.165, 1.54) is 11.3 Å². The predicted octanol–water partition coefficient (Wildman–Crippen LogP) is 2.89. The highest BCUT2D eigenvalue weighted by Gasteiger charge is 2.29. The van der Waals surface area contributed by atoms with Crippen molar-refractivity contribution in [3.8, 4) is 0 Å². The number of carbonyl (C=O) groups is 2. The van der Waals surface area contributed by atoms with Gasteiger partial charge in [0.1, 0.15) is 10.8 Å². The van der Waals surface area contributed by atoms with Crippen LogP contribution in [0, 0.1) is 0 Å². The minimum Gasteiger partial charge on any atom is -0.507 e. The van der Waals surface area contributed by atoms with Gasteiger partial charge in [-0.3, -0.25) is 14.6 Å². The molecule has 154 valence electrons. The first-order valence-corrected chi connectivity index (χ1v) is 10.5. The summed E-state index contributed by atoms with van der Waals surface area (Å²) in [4.78, 5) is 34.2. The molecule has 2 aromatic heterocycles. The Kier molecular flexibility index (Phi) is 7.11. The van der Waals surface area contributed by atoms with Crippen molar-refractivity contribution in [2.24, 2.45) is 0 Å². The lowest BCUT2D eigenvalue weighted by atomic mass is 9.93. The Morgan fingerprint density at radius 2 is 2.17 bits per heavy atom. The number of nitrogens with zero attached hydrogens (tertiary/aromatic N) is 2. The molecular formula is C21H25N3O4S. The van der Waals surface area contributed by atoms with E-state index in [-0.39, 0.29) is 23.9 Å². The number of ether oxygens (including phenoxy) is 1. The van der Waals surface area contributed by atoms with E-state index in [0.717, 1.165) is 18.5 Å². The number of aliphatic hydroxyl groups excluding tert-OH is 1. The topological polar surface area (TPSA) is 101 Å². The van der Waals surface area contributed by atoms with Crippen molar-refractivity contribution in [3.63, 3.8) is 0 Å². The zero-order valence-electron chi connectivity index (χ0n) is 16.7. The van der Waals surface area contributed by atoms with E-state index in [1.807, 2.05) is 6.07 Å². The van der Waals surface area contributed by atoms with E-state index in [2.05, 4.69) is 22.2 Å². The van der Waals surface area contributed by atoms with Crippen molar-refractivity contribution in [3.05, 3.63) is 50.7 Å². The van der Waals surface area contributed by atoms with E-state index in [0.29, 0.717) is 52.7 Å².